The summed E-state index contributed by atoms with van der Waals surface area (Å²) in [5, 5.41) is 168. The van der Waals surface area contributed by atoms with Crippen LogP contribution < -0.4 is 0 Å². The summed E-state index contributed by atoms with van der Waals surface area (Å²) in [6.07, 6.45) is -23.2. The molecule has 20 atom stereocenters. The first-order chi connectivity index (χ1) is 26.4. The van der Waals surface area contributed by atoms with E-state index in [9.17, 15) is 60.7 Å². The fourth-order valence-electron chi connectivity index (χ4n) is 6.28. The second kappa shape index (κ2) is 22.1. The number of hydrogen-bond acceptors (Lipinski definition) is 23. The summed E-state index contributed by atoms with van der Waals surface area (Å²) >= 11 is 0. The second-order valence-electron chi connectivity index (χ2n) is 14.4. The summed E-state index contributed by atoms with van der Waals surface area (Å²) in [6.45, 7) is 0.815. The molecule has 4 aliphatic heterocycles. The van der Waals surface area contributed by atoms with E-state index in [2.05, 4.69) is 4.74 Å². The molecule has 0 spiro atoms. The predicted octanol–water partition coefficient (Wildman–Crippen LogP) is -8.82. The third-order valence-electron chi connectivity index (χ3n) is 10.2. The number of aliphatic hydroxyl groups excluding tert-OH is 15. The highest BCUT2D eigenvalue weighted by Gasteiger charge is 2.53. The number of carboxylic acid groups (broad SMARTS) is 2. The zero-order chi connectivity index (χ0) is 43.7. The maximum absolute atomic E-state index is 11.8. The average molecular weight is 843 g/mol. The summed E-state index contributed by atoms with van der Waals surface area (Å²) in [4.78, 5) is 22.7. The molecule has 6 unspecified atom stereocenters. The van der Waals surface area contributed by atoms with Gasteiger partial charge in [-0.1, -0.05) is 13.8 Å². The smallest absolute Gasteiger partial charge is 0.364 e. The van der Waals surface area contributed by atoms with Gasteiger partial charge in [-0.05, 0) is 24.7 Å². The lowest BCUT2D eigenvalue weighted by Gasteiger charge is -2.44. The highest BCUT2D eigenvalue weighted by atomic mass is 16.7. The zero-order valence-electron chi connectivity index (χ0n) is 31.0. The number of carbonyl (C=O) groups is 2. The minimum absolute atomic E-state index is 0.0814. The molecule has 0 amide bonds. The van der Waals surface area contributed by atoms with E-state index in [-0.39, 0.29) is 31.1 Å². The Morgan fingerprint density at radius 3 is 1.47 bits per heavy atom. The molecule has 336 valence electrons. The fraction of sp³-hybridized carbons (Fsp3) is 0.938. The molecule has 4 rings (SSSR count). The Kier molecular flexibility index (Phi) is 19.9. The van der Waals surface area contributed by atoms with E-state index in [0.717, 1.165) is 0 Å². The third kappa shape index (κ3) is 12.6. The fourth-order valence-corrected chi connectivity index (χ4v) is 6.28. The van der Waals surface area contributed by atoms with Gasteiger partial charge in [0.1, 0.15) is 73.2 Å². The molecule has 0 aliphatic carbocycles. The summed E-state index contributed by atoms with van der Waals surface area (Å²) < 4.78 is 25.3. The van der Waals surface area contributed by atoms with Crippen molar-refractivity contribution in [2.45, 2.75) is 149 Å². The van der Waals surface area contributed by atoms with Crippen LogP contribution in [0, 0.1) is 11.8 Å². The van der Waals surface area contributed by atoms with E-state index in [1.807, 2.05) is 0 Å². The minimum Gasteiger partial charge on any atom is -0.477 e. The molecule has 0 radical (unpaired) electrons. The number of ether oxygens (including phenoxy) is 5. The molecule has 0 aromatic heterocycles. The number of rotatable bonds is 12. The molecule has 57 heavy (non-hydrogen) atoms. The van der Waals surface area contributed by atoms with Crippen molar-refractivity contribution in [1.82, 2.24) is 0 Å². The lowest BCUT2D eigenvalue weighted by molar-refractivity contribution is -0.329. The van der Waals surface area contributed by atoms with Crippen molar-refractivity contribution in [3.8, 4) is 0 Å². The van der Waals surface area contributed by atoms with Crippen molar-refractivity contribution in [2.75, 3.05) is 26.4 Å². The molecule has 0 saturated carbocycles. The molecule has 25 heteroatoms. The second-order valence-corrected chi connectivity index (χ2v) is 14.4. The maximum Gasteiger partial charge on any atom is 0.364 e. The predicted molar refractivity (Wildman–Crippen MR) is 179 cm³/mol. The van der Waals surface area contributed by atoms with Crippen molar-refractivity contribution in [3.05, 3.63) is 0 Å². The monoisotopic (exact) mass is 842 g/mol. The highest BCUT2D eigenvalue weighted by molar-refractivity contribution is 5.76. The Bertz CT molecular complexity index is 1230. The van der Waals surface area contributed by atoms with Gasteiger partial charge in [-0.2, -0.15) is 0 Å². The third-order valence-corrected chi connectivity index (χ3v) is 10.2. The SMILES string of the molecule is C[C@@H]1CC[C@](O)(C(=O)O)OC1[C@H](O)[C@H](O)CO.C[C@@H]1CC[C@](OCC2O[C@@H](O)C(O)[C@@H](O)[C@@H]2O)(C(=O)O)OC1[C@H](O)[C@H](O)CO.OCC1O[C@@H](O)C(O)[C@@H](O)[C@@H]1O. The molecule has 0 bridgehead atoms. The van der Waals surface area contributed by atoms with Crippen LogP contribution in [0.3, 0.4) is 0 Å². The molecule has 18 N–H and O–H groups in total. The van der Waals surface area contributed by atoms with Crippen molar-refractivity contribution < 1.29 is 125 Å². The van der Waals surface area contributed by atoms with Gasteiger partial charge < -0.3 is 116 Å². The minimum atomic E-state index is -2.34. The zero-order valence-corrected chi connectivity index (χ0v) is 31.0. The lowest BCUT2D eigenvalue weighted by atomic mass is 9.87. The van der Waals surface area contributed by atoms with Crippen LogP contribution >= 0.6 is 0 Å². The van der Waals surface area contributed by atoms with E-state index < -0.39 is 148 Å². The van der Waals surface area contributed by atoms with Gasteiger partial charge in [0.2, 0.25) is 0 Å². The van der Waals surface area contributed by atoms with Gasteiger partial charge in [-0.15, -0.1) is 0 Å². The first-order valence-corrected chi connectivity index (χ1v) is 17.9. The van der Waals surface area contributed by atoms with Crippen LogP contribution in [0.15, 0.2) is 0 Å². The van der Waals surface area contributed by atoms with Gasteiger partial charge >= 0.3 is 11.9 Å². The summed E-state index contributed by atoms with van der Waals surface area (Å²) in [6, 6.07) is 0. The first-order valence-electron chi connectivity index (χ1n) is 17.9. The van der Waals surface area contributed by atoms with E-state index in [1.54, 1.807) is 13.8 Å². The van der Waals surface area contributed by atoms with E-state index >= 15 is 0 Å². The number of aliphatic hydroxyl groups is 16. The van der Waals surface area contributed by atoms with Gasteiger partial charge in [-0.3, -0.25) is 0 Å². The topological polar surface area (TPSA) is 444 Å². The molecular formula is C32H58O25. The lowest BCUT2D eigenvalue weighted by Crippen LogP contribution is -2.61. The molecule has 4 aliphatic rings. The van der Waals surface area contributed by atoms with Gasteiger partial charge in [0.25, 0.3) is 11.6 Å². The number of carboxylic acids is 2. The summed E-state index contributed by atoms with van der Waals surface area (Å²) in [5.41, 5.74) is 0. The van der Waals surface area contributed by atoms with Crippen molar-refractivity contribution >= 4 is 11.9 Å². The van der Waals surface area contributed by atoms with Crippen LogP contribution in [-0.4, -0.2) is 240 Å². The molecule has 25 nitrogen and oxygen atoms in total. The van der Waals surface area contributed by atoms with E-state index in [0.29, 0.717) is 6.42 Å². The number of aliphatic carboxylic acids is 2. The highest BCUT2D eigenvalue weighted by Crippen LogP contribution is 2.37. The Labute approximate surface area is 324 Å². The molecule has 4 heterocycles. The van der Waals surface area contributed by atoms with Crippen LogP contribution in [0.25, 0.3) is 0 Å². The molecule has 0 aromatic carbocycles. The molecule has 4 fully saturated rings. The van der Waals surface area contributed by atoms with Gasteiger partial charge in [0.05, 0.1) is 38.6 Å². The Morgan fingerprint density at radius 1 is 0.632 bits per heavy atom. The molecular weight excluding hydrogens is 784 g/mol. The van der Waals surface area contributed by atoms with Gasteiger partial charge in [-0.25, -0.2) is 9.59 Å². The quantitative estimate of drug-likeness (QED) is 0.0867. The van der Waals surface area contributed by atoms with E-state index in [4.69, 9.17) is 59.8 Å². The Morgan fingerprint density at radius 2 is 1.05 bits per heavy atom. The normalized spacial score (nSPS) is 43.2. The standard InChI is InChI=1S/C16H28O12.C10H18O7.C6H12O6/c1-6-2-3-16(15(24)25,28-13(6)9(19)7(18)4-17)26-5-8-10(20)11(21)12(22)14(23)27-8;1-5-2-3-10(16,9(14)15)17-8(5)7(13)6(12)4-11;7-1-2-3(8)4(9)5(10)6(11)12-2/h6-14,17-23H,2-5H2,1H3,(H,24,25);5-8,11-13,16H,2-4H2,1H3,(H,14,15);2-11H,1H2/t6-,7-,8?,9-,10-,11+,12?,13?,14-,16-;5-,6-,7-,8?,10-;2?,3-,4+,5?,6-/m111/s1. The Hall–Kier alpha value is -1.90. The first kappa shape index (κ1) is 51.2. The van der Waals surface area contributed by atoms with Crippen LogP contribution in [0.2, 0.25) is 0 Å². The number of hydrogen-bond donors (Lipinski definition) is 18. The van der Waals surface area contributed by atoms with Crippen LogP contribution in [0.5, 0.6) is 0 Å². The van der Waals surface area contributed by atoms with E-state index in [1.165, 1.54) is 0 Å². The molecule has 4 saturated heterocycles. The van der Waals surface area contributed by atoms with Crippen molar-refractivity contribution in [3.63, 3.8) is 0 Å². The summed E-state index contributed by atoms with van der Waals surface area (Å²) in [7, 11) is 0. The average Bonchev–Trinajstić information content (AvgIpc) is 3.19. The molecule has 0 aromatic rings. The van der Waals surface area contributed by atoms with Gasteiger partial charge in [0, 0.05) is 12.8 Å². The summed E-state index contributed by atoms with van der Waals surface area (Å²) in [5.74, 6) is -8.23. The largest absolute Gasteiger partial charge is 0.477 e. The van der Waals surface area contributed by atoms with Crippen LogP contribution in [-0.2, 0) is 33.3 Å². The Balaban J connectivity index is 0.000000327. The van der Waals surface area contributed by atoms with Gasteiger partial charge in [0.15, 0.2) is 12.6 Å². The van der Waals surface area contributed by atoms with Crippen LogP contribution in [0.1, 0.15) is 39.5 Å². The maximum atomic E-state index is 11.8. The van der Waals surface area contributed by atoms with Crippen molar-refractivity contribution in [1.29, 1.82) is 0 Å². The van der Waals surface area contributed by atoms with Crippen LogP contribution in [0.4, 0.5) is 0 Å². The van der Waals surface area contributed by atoms with Crippen molar-refractivity contribution in [2.24, 2.45) is 11.8 Å².